The Morgan fingerprint density at radius 3 is 2.59 bits per heavy atom. The Labute approximate surface area is 105 Å². The third-order valence-electron chi connectivity index (χ3n) is 4.65. The van der Waals surface area contributed by atoms with Gasteiger partial charge in [0.2, 0.25) is 0 Å². The summed E-state index contributed by atoms with van der Waals surface area (Å²) in [5.74, 6) is 2.36. The lowest BCUT2D eigenvalue weighted by Crippen LogP contribution is -2.26. The number of carbonyl (C=O) groups is 1. The second-order valence-corrected chi connectivity index (χ2v) is 5.86. The van der Waals surface area contributed by atoms with Gasteiger partial charge >= 0.3 is 0 Å². The van der Waals surface area contributed by atoms with Gasteiger partial charge in [0.05, 0.1) is 0 Å². The highest BCUT2D eigenvalue weighted by molar-refractivity contribution is 5.81. The molecule has 1 aliphatic heterocycles. The number of carbonyl (C=O) groups excluding carboxylic acids is 1. The fourth-order valence-corrected chi connectivity index (χ4v) is 3.36. The van der Waals surface area contributed by atoms with Gasteiger partial charge in [0.1, 0.15) is 5.78 Å². The van der Waals surface area contributed by atoms with Gasteiger partial charge in [-0.25, -0.2) is 0 Å². The Morgan fingerprint density at radius 1 is 1.12 bits per heavy atom. The van der Waals surface area contributed by atoms with Gasteiger partial charge in [-0.3, -0.25) is 4.79 Å². The maximum absolute atomic E-state index is 12.3. The van der Waals surface area contributed by atoms with Crippen molar-refractivity contribution in [1.29, 1.82) is 0 Å². The first-order valence-electron chi connectivity index (χ1n) is 7.40. The summed E-state index contributed by atoms with van der Waals surface area (Å²) in [6.07, 6.45) is 9.19. The minimum Gasteiger partial charge on any atom is -0.381 e. The number of hydrogen-bond donors (Lipinski definition) is 0. The maximum Gasteiger partial charge on any atom is 0.136 e. The van der Waals surface area contributed by atoms with Gasteiger partial charge in [0, 0.05) is 25.6 Å². The summed E-state index contributed by atoms with van der Waals surface area (Å²) in [5, 5.41) is 0. The molecule has 2 aliphatic rings. The number of hydrogen-bond acceptors (Lipinski definition) is 2. The summed E-state index contributed by atoms with van der Waals surface area (Å²) < 4.78 is 5.35. The zero-order valence-corrected chi connectivity index (χ0v) is 11.1. The van der Waals surface area contributed by atoms with Crippen LogP contribution in [0.2, 0.25) is 0 Å². The highest BCUT2D eigenvalue weighted by atomic mass is 16.5. The van der Waals surface area contributed by atoms with E-state index in [0.29, 0.717) is 17.6 Å². The zero-order valence-electron chi connectivity index (χ0n) is 11.1. The van der Waals surface area contributed by atoms with E-state index in [-0.39, 0.29) is 0 Å². The van der Waals surface area contributed by atoms with Crippen molar-refractivity contribution in [3.8, 4) is 0 Å². The standard InChI is InChI=1S/C15H26O2/c1-2-12-4-3-5-14(10-12)15(16)11-13-6-8-17-9-7-13/h12-14H,2-11H2,1H3. The first-order chi connectivity index (χ1) is 8.29. The molecule has 0 amide bonds. The Morgan fingerprint density at radius 2 is 1.88 bits per heavy atom. The smallest absolute Gasteiger partial charge is 0.136 e. The van der Waals surface area contributed by atoms with Crippen LogP contribution in [0.5, 0.6) is 0 Å². The number of ether oxygens (including phenoxy) is 1. The molecule has 1 heterocycles. The van der Waals surface area contributed by atoms with Gasteiger partial charge in [-0.15, -0.1) is 0 Å². The van der Waals surface area contributed by atoms with Crippen molar-refractivity contribution in [2.24, 2.45) is 17.8 Å². The second kappa shape index (κ2) is 6.53. The molecule has 0 aromatic carbocycles. The third-order valence-corrected chi connectivity index (χ3v) is 4.65. The van der Waals surface area contributed by atoms with E-state index < -0.39 is 0 Å². The van der Waals surface area contributed by atoms with Crippen LogP contribution in [0, 0.1) is 17.8 Å². The van der Waals surface area contributed by atoms with Crippen molar-refractivity contribution >= 4 is 5.78 Å². The van der Waals surface area contributed by atoms with Crippen molar-refractivity contribution in [3.63, 3.8) is 0 Å². The highest BCUT2D eigenvalue weighted by Crippen LogP contribution is 2.33. The van der Waals surface area contributed by atoms with E-state index in [0.717, 1.165) is 44.8 Å². The average Bonchev–Trinajstić information content (AvgIpc) is 2.40. The molecule has 98 valence electrons. The van der Waals surface area contributed by atoms with E-state index in [1.54, 1.807) is 0 Å². The first-order valence-corrected chi connectivity index (χ1v) is 7.40. The highest BCUT2D eigenvalue weighted by Gasteiger charge is 2.28. The average molecular weight is 238 g/mol. The normalized spacial score (nSPS) is 31.4. The SMILES string of the molecule is CCC1CCCC(C(=O)CC2CCOCC2)C1. The molecule has 0 aromatic rings. The predicted octanol–water partition coefficient (Wildman–Crippen LogP) is 3.59. The van der Waals surface area contributed by atoms with Gasteiger partial charge in [0.25, 0.3) is 0 Å². The van der Waals surface area contributed by atoms with Gasteiger partial charge in [-0.05, 0) is 37.5 Å². The monoisotopic (exact) mass is 238 g/mol. The molecule has 2 unspecified atom stereocenters. The number of ketones is 1. The van der Waals surface area contributed by atoms with Gasteiger partial charge in [-0.1, -0.05) is 26.2 Å². The van der Waals surface area contributed by atoms with Gasteiger partial charge < -0.3 is 4.74 Å². The van der Waals surface area contributed by atoms with Crippen LogP contribution in [0.4, 0.5) is 0 Å². The van der Waals surface area contributed by atoms with Crippen LogP contribution in [0.15, 0.2) is 0 Å². The predicted molar refractivity (Wildman–Crippen MR) is 68.9 cm³/mol. The van der Waals surface area contributed by atoms with Gasteiger partial charge in [0.15, 0.2) is 0 Å². The lowest BCUT2D eigenvalue weighted by molar-refractivity contribution is -0.125. The lowest BCUT2D eigenvalue weighted by Gasteiger charge is -2.29. The molecule has 0 bridgehead atoms. The summed E-state index contributed by atoms with van der Waals surface area (Å²) in [4.78, 5) is 12.3. The third kappa shape index (κ3) is 3.80. The van der Waals surface area contributed by atoms with Crippen molar-refractivity contribution in [3.05, 3.63) is 0 Å². The first kappa shape index (κ1) is 13.1. The fraction of sp³-hybridized carbons (Fsp3) is 0.933. The molecule has 2 heteroatoms. The van der Waals surface area contributed by atoms with E-state index in [1.807, 2.05) is 0 Å². The van der Waals surface area contributed by atoms with Crippen LogP contribution in [0.3, 0.4) is 0 Å². The van der Waals surface area contributed by atoms with E-state index in [4.69, 9.17) is 4.74 Å². The Bertz CT molecular complexity index is 243. The largest absolute Gasteiger partial charge is 0.381 e. The molecule has 1 aliphatic carbocycles. The van der Waals surface area contributed by atoms with E-state index in [2.05, 4.69) is 6.92 Å². The van der Waals surface area contributed by atoms with Crippen molar-refractivity contribution in [1.82, 2.24) is 0 Å². The molecule has 1 saturated carbocycles. The topological polar surface area (TPSA) is 26.3 Å². The van der Waals surface area contributed by atoms with Crippen LogP contribution in [-0.4, -0.2) is 19.0 Å². The molecular weight excluding hydrogens is 212 g/mol. The van der Waals surface area contributed by atoms with E-state index in [1.165, 1.54) is 25.7 Å². The van der Waals surface area contributed by atoms with E-state index >= 15 is 0 Å². The molecule has 1 saturated heterocycles. The molecule has 0 aromatic heterocycles. The second-order valence-electron chi connectivity index (χ2n) is 5.86. The summed E-state index contributed by atoms with van der Waals surface area (Å²) in [6.45, 7) is 3.98. The summed E-state index contributed by atoms with van der Waals surface area (Å²) >= 11 is 0. The van der Waals surface area contributed by atoms with Crippen LogP contribution in [-0.2, 0) is 9.53 Å². The number of Topliss-reactive ketones (excluding diaryl/α,β-unsaturated/α-hetero) is 1. The summed E-state index contributed by atoms with van der Waals surface area (Å²) in [7, 11) is 0. The Hall–Kier alpha value is -0.370. The minimum atomic E-state index is 0.386. The van der Waals surface area contributed by atoms with Crippen LogP contribution in [0.1, 0.15) is 58.3 Å². The van der Waals surface area contributed by atoms with Crippen molar-refractivity contribution in [2.75, 3.05) is 13.2 Å². The van der Waals surface area contributed by atoms with Crippen LogP contribution < -0.4 is 0 Å². The van der Waals surface area contributed by atoms with Crippen LogP contribution in [0.25, 0.3) is 0 Å². The quantitative estimate of drug-likeness (QED) is 0.748. The summed E-state index contributed by atoms with van der Waals surface area (Å²) in [5.41, 5.74) is 0. The Kier molecular flexibility index (Phi) is 5.02. The molecule has 2 nitrogen and oxygen atoms in total. The molecular formula is C15H26O2. The number of rotatable bonds is 4. The molecule has 0 N–H and O–H groups in total. The van der Waals surface area contributed by atoms with Crippen molar-refractivity contribution < 1.29 is 9.53 Å². The molecule has 17 heavy (non-hydrogen) atoms. The maximum atomic E-state index is 12.3. The molecule has 0 radical (unpaired) electrons. The lowest BCUT2D eigenvalue weighted by atomic mass is 9.76. The van der Waals surface area contributed by atoms with Crippen molar-refractivity contribution in [2.45, 2.75) is 58.3 Å². The van der Waals surface area contributed by atoms with E-state index in [9.17, 15) is 4.79 Å². The molecule has 2 fully saturated rings. The molecule has 0 spiro atoms. The fourth-order valence-electron chi connectivity index (χ4n) is 3.36. The molecule has 2 atom stereocenters. The van der Waals surface area contributed by atoms with Crippen LogP contribution >= 0.6 is 0 Å². The summed E-state index contributed by atoms with van der Waals surface area (Å²) in [6, 6.07) is 0. The zero-order chi connectivity index (χ0) is 12.1. The minimum absolute atomic E-state index is 0.386. The molecule has 2 rings (SSSR count). The van der Waals surface area contributed by atoms with Gasteiger partial charge in [-0.2, -0.15) is 0 Å². The Balaban J connectivity index is 1.78.